The zero-order valence-electron chi connectivity index (χ0n) is 12.7. The standard InChI is InChI=1S/C14H21NO5S2/c1-11(2)20-13-3-5-14(6-4-13)22(18,19)15-9-12-7-8-21(16,17)10-12/h3-6,11-12,15H,7-10H2,1-2H3. The van der Waals surface area contributed by atoms with Crippen molar-refractivity contribution in [3.63, 3.8) is 0 Å². The summed E-state index contributed by atoms with van der Waals surface area (Å²) in [5.74, 6) is 0.649. The summed E-state index contributed by atoms with van der Waals surface area (Å²) in [6.45, 7) is 3.93. The fraction of sp³-hybridized carbons (Fsp3) is 0.571. The average molecular weight is 347 g/mol. The third-order valence-corrected chi connectivity index (χ3v) is 6.67. The maximum absolute atomic E-state index is 12.2. The summed E-state index contributed by atoms with van der Waals surface area (Å²) in [5.41, 5.74) is 0. The molecule has 124 valence electrons. The molecule has 1 aromatic rings. The number of sulfone groups is 1. The Morgan fingerprint density at radius 3 is 2.41 bits per heavy atom. The first-order chi connectivity index (χ1) is 10.2. The molecule has 1 aliphatic heterocycles. The van der Waals surface area contributed by atoms with Gasteiger partial charge in [0, 0.05) is 6.54 Å². The first-order valence-electron chi connectivity index (χ1n) is 7.15. The van der Waals surface area contributed by atoms with E-state index in [1.54, 1.807) is 12.1 Å². The summed E-state index contributed by atoms with van der Waals surface area (Å²) in [4.78, 5) is 0.143. The molecule has 6 nitrogen and oxygen atoms in total. The predicted octanol–water partition coefficient (Wildman–Crippen LogP) is 1.19. The van der Waals surface area contributed by atoms with Crippen LogP contribution in [-0.4, -0.2) is 41.0 Å². The van der Waals surface area contributed by atoms with Crippen LogP contribution < -0.4 is 9.46 Å². The van der Waals surface area contributed by atoms with E-state index >= 15 is 0 Å². The smallest absolute Gasteiger partial charge is 0.240 e. The normalized spacial score (nSPS) is 21.1. The fourth-order valence-corrected chi connectivity index (χ4v) is 5.29. The Morgan fingerprint density at radius 1 is 1.27 bits per heavy atom. The minimum Gasteiger partial charge on any atom is -0.491 e. The molecule has 1 saturated heterocycles. The average Bonchev–Trinajstić information content (AvgIpc) is 2.76. The number of nitrogens with one attached hydrogen (secondary N) is 1. The van der Waals surface area contributed by atoms with Gasteiger partial charge in [0.05, 0.1) is 22.5 Å². The van der Waals surface area contributed by atoms with Crippen LogP contribution in [0.15, 0.2) is 29.2 Å². The van der Waals surface area contributed by atoms with Crippen molar-refractivity contribution in [2.45, 2.75) is 31.3 Å². The molecule has 1 N–H and O–H groups in total. The molecule has 0 radical (unpaired) electrons. The first-order valence-corrected chi connectivity index (χ1v) is 10.5. The summed E-state index contributed by atoms with van der Waals surface area (Å²) in [6.07, 6.45) is 0.524. The van der Waals surface area contributed by atoms with Crippen molar-refractivity contribution in [3.05, 3.63) is 24.3 Å². The molecular weight excluding hydrogens is 326 g/mol. The van der Waals surface area contributed by atoms with Crippen molar-refractivity contribution in [1.29, 1.82) is 0 Å². The molecule has 0 spiro atoms. The van der Waals surface area contributed by atoms with Crippen molar-refractivity contribution in [3.8, 4) is 5.75 Å². The van der Waals surface area contributed by atoms with Gasteiger partial charge in [-0.3, -0.25) is 0 Å². The summed E-state index contributed by atoms with van der Waals surface area (Å²) in [6, 6.07) is 6.17. The minimum absolute atomic E-state index is 0.0184. The van der Waals surface area contributed by atoms with Crippen LogP contribution >= 0.6 is 0 Å². The fourth-order valence-electron chi connectivity index (χ4n) is 2.31. The van der Waals surface area contributed by atoms with E-state index in [0.29, 0.717) is 12.2 Å². The Balaban J connectivity index is 1.98. The molecule has 0 aromatic heterocycles. The lowest BCUT2D eigenvalue weighted by Crippen LogP contribution is -2.29. The van der Waals surface area contributed by atoms with Gasteiger partial charge in [-0.05, 0) is 50.5 Å². The van der Waals surface area contributed by atoms with Gasteiger partial charge in [0.2, 0.25) is 10.0 Å². The van der Waals surface area contributed by atoms with E-state index in [2.05, 4.69) is 4.72 Å². The second-order valence-corrected chi connectivity index (χ2v) is 9.75. The Morgan fingerprint density at radius 2 is 1.91 bits per heavy atom. The highest BCUT2D eigenvalue weighted by Crippen LogP contribution is 2.20. The minimum atomic E-state index is -3.63. The second kappa shape index (κ2) is 6.55. The van der Waals surface area contributed by atoms with Gasteiger partial charge < -0.3 is 4.74 Å². The molecule has 1 fully saturated rings. The maximum atomic E-state index is 12.2. The van der Waals surface area contributed by atoms with Gasteiger partial charge in [-0.25, -0.2) is 21.6 Å². The van der Waals surface area contributed by atoms with E-state index in [1.807, 2.05) is 13.8 Å². The van der Waals surface area contributed by atoms with Gasteiger partial charge in [-0.1, -0.05) is 0 Å². The summed E-state index contributed by atoms with van der Waals surface area (Å²) < 4.78 is 55.1. The molecule has 22 heavy (non-hydrogen) atoms. The van der Waals surface area contributed by atoms with Crippen LogP contribution in [0.4, 0.5) is 0 Å². The number of benzene rings is 1. The van der Waals surface area contributed by atoms with Crippen molar-refractivity contribution in [1.82, 2.24) is 4.72 Å². The monoisotopic (exact) mass is 347 g/mol. The zero-order chi connectivity index (χ0) is 16.4. The van der Waals surface area contributed by atoms with Crippen molar-refractivity contribution in [2.75, 3.05) is 18.1 Å². The molecule has 2 rings (SSSR count). The Kier molecular flexibility index (Phi) is 5.14. The van der Waals surface area contributed by atoms with Crippen LogP contribution in [0.25, 0.3) is 0 Å². The van der Waals surface area contributed by atoms with E-state index in [0.717, 1.165) is 0 Å². The molecule has 1 heterocycles. The van der Waals surface area contributed by atoms with Gasteiger partial charge in [0.25, 0.3) is 0 Å². The lowest BCUT2D eigenvalue weighted by Gasteiger charge is -2.12. The SMILES string of the molecule is CC(C)Oc1ccc(S(=O)(=O)NCC2CCS(=O)(=O)C2)cc1. The Hall–Kier alpha value is -1.12. The lowest BCUT2D eigenvalue weighted by atomic mass is 10.1. The molecule has 8 heteroatoms. The van der Waals surface area contributed by atoms with Crippen LogP contribution in [0.2, 0.25) is 0 Å². The summed E-state index contributed by atoms with van der Waals surface area (Å²) in [5, 5.41) is 0. The van der Waals surface area contributed by atoms with E-state index in [1.165, 1.54) is 12.1 Å². The summed E-state index contributed by atoms with van der Waals surface area (Å²) in [7, 11) is -6.63. The van der Waals surface area contributed by atoms with Crippen molar-refractivity contribution in [2.24, 2.45) is 5.92 Å². The van der Waals surface area contributed by atoms with Gasteiger partial charge >= 0.3 is 0 Å². The largest absolute Gasteiger partial charge is 0.491 e. The van der Waals surface area contributed by atoms with Gasteiger partial charge in [0.15, 0.2) is 9.84 Å². The predicted molar refractivity (Wildman–Crippen MR) is 84.2 cm³/mol. The Labute approximate surface area is 131 Å². The van der Waals surface area contributed by atoms with Crippen molar-refractivity contribution < 1.29 is 21.6 Å². The molecular formula is C14H21NO5S2. The van der Waals surface area contributed by atoms with E-state index in [4.69, 9.17) is 4.74 Å². The van der Waals surface area contributed by atoms with Crippen molar-refractivity contribution >= 4 is 19.9 Å². The van der Waals surface area contributed by atoms with Crippen LogP contribution in [-0.2, 0) is 19.9 Å². The number of ether oxygens (including phenoxy) is 1. The lowest BCUT2D eigenvalue weighted by molar-refractivity contribution is 0.242. The van der Waals surface area contributed by atoms with Crippen LogP contribution in [0.5, 0.6) is 5.75 Å². The van der Waals surface area contributed by atoms with Gasteiger partial charge in [0.1, 0.15) is 5.75 Å². The van der Waals surface area contributed by atoms with Gasteiger partial charge in [-0.2, -0.15) is 0 Å². The topological polar surface area (TPSA) is 89.5 Å². The third kappa shape index (κ3) is 4.69. The maximum Gasteiger partial charge on any atom is 0.240 e. The molecule has 1 aromatic carbocycles. The first kappa shape index (κ1) is 17.2. The number of rotatable bonds is 6. The molecule has 0 amide bonds. The number of hydrogen-bond donors (Lipinski definition) is 1. The number of sulfonamides is 1. The number of hydrogen-bond acceptors (Lipinski definition) is 5. The molecule has 0 aliphatic carbocycles. The highest BCUT2D eigenvalue weighted by atomic mass is 32.2. The van der Waals surface area contributed by atoms with E-state index in [9.17, 15) is 16.8 Å². The third-order valence-electron chi connectivity index (χ3n) is 3.39. The highest BCUT2D eigenvalue weighted by molar-refractivity contribution is 7.91. The zero-order valence-corrected chi connectivity index (χ0v) is 14.3. The molecule has 0 saturated carbocycles. The van der Waals surface area contributed by atoms with E-state index < -0.39 is 19.9 Å². The molecule has 0 bridgehead atoms. The summed E-state index contributed by atoms with van der Waals surface area (Å²) >= 11 is 0. The highest BCUT2D eigenvalue weighted by Gasteiger charge is 2.28. The molecule has 1 aliphatic rings. The van der Waals surface area contributed by atoms with Crippen LogP contribution in [0, 0.1) is 5.92 Å². The van der Waals surface area contributed by atoms with Crippen LogP contribution in [0.3, 0.4) is 0 Å². The quantitative estimate of drug-likeness (QED) is 0.835. The van der Waals surface area contributed by atoms with Gasteiger partial charge in [-0.15, -0.1) is 0 Å². The second-order valence-electron chi connectivity index (χ2n) is 5.76. The van der Waals surface area contributed by atoms with Crippen LogP contribution in [0.1, 0.15) is 20.3 Å². The van der Waals surface area contributed by atoms with E-state index in [-0.39, 0.29) is 35.0 Å². The molecule has 1 unspecified atom stereocenters. The molecule has 1 atom stereocenters. The Bertz CT molecular complexity index is 708.